The fourth-order valence-corrected chi connectivity index (χ4v) is 1.15. The van der Waals surface area contributed by atoms with Crippen molar-refractivity contribution in [1.82, 2.24) is 0 Å². The normalized spacial score (nSPS) is 12.1. The minimum Gasteiger partial charge on any atom is -0.460 e. The smallest absolute Gasteiger partial charge is 0.293 e. The van der Waals surface area contributed by atoms with E-state index >= 15 is 0 Å². The summed E-state index contributed by atoms with van der Waals surface area (Å²) in [7, 11) is 0. The highest BCUT2D eigenvalue weighted by Gasteiger charge is 2.07. The molecule has 0 aromatic heterocycles. The molecule has 0 aliphatic rings. The Morgan fingerprint density at radius 1 is 1.42 bits per heavy atom. The summed E-state index contributed by atoms with van der Waals surface area (Å²) >= 11 is 0. The quantitative estimate of drug-likeness (QED) is 0.638. The molecule has 0 saturated heterocycles. The lowest BCUT2D eigenvalue weighted by Gasteiger charge is -2.12. The largest absolute Gasteiger partial charge is 0.460 e. The third-order valence-corrected chi connectivity index (χ3v) is 1.76. The summed E-state index contributed by atoms with van der Waals surface area (Å²) in [6.07, 6.45) is 0.714. The van der Waals surface area contributed by atoms with Crippen LogP contribution < -0.4 is 0 Å². The van der Waals surface area contributed by atoms with Crippen molar-refractivity contribution in [2.45, 2.75) is 19.4 Å². The van der Waals surface area contributed by atoms with Crippen molar-refractivity contribution in [3.8, 4) is 0 Å². The van der Waals surface area contributed by atoms with Crippen molar-refractivity contribution in [2.24, 2.45) is 0 Å². The fourth-order valence-electron chi connectivity index (χ4n) is 1.15. The van der Waals surface area contributed by atoms with E-state index in [0.29, 0.717) is 6.47 Å². The summed E-state index contributed by atoms with van der Waals surface area (Å²) in [6, 6.07) is 9.73. The number of carbonyl (C=O) groups excluding carboxylic acids is 1. The number of ether oxygens (including phenoxy) is 1. The topological polar surface area (TPSA) is 26.3 Å². The Labute approximate surface area is 72.2 Å². The molecule has 0 amide bonds. The molecule has 2 heteroatoms. The minimum absolute atomic E-state index is 0.0938. The maximum atomic E-state index is 10.1. The summed E-state index contributed by atoms with van der Waals surface area (Å²) in [4.78, 5) is 10.1. The summed E-state index contributed by atoms with van der Waals surface area (Å²) in [5.41, 5.74) is 1.05. The first-order valence-electron chi connectivity index (χ1n) is 4.02. The van der Waals surface area contributed by atoms with Crippen LogP contribution in [0.5, 0.6) is 0 Å². The van der Waals surface area contributed by atoms with Crippen LogP contribution in [0.3, 0.4) is 0 Å². The van der Waals surface area contributed by atoms with E-state index in [0.717, 1.165) is 12.0 Å². The van der Waals surface area contributed by atoms with Gasteiger partial charge < -0.3 is 4.74 Å². The first-order chi connectivity index (χ1) is 5.88. The van der Waals surface area contributed by atoms with E-state index in [-0.39, 0.29) is 6.10 Å². The van der Waals surface area contributed by atoms with Crippen LogP contribution in [0.4, 0.5) is 0 Å². The maximum absolute atomic E-state index is 10.1. The second kappa shape index (κ2) is 4.54. The second-order valence-corrected chi connectivity index (χ2v) is 2.54. The molecular formula is C10H12O2. The number of hydrogen-bond acceptors (Lipinski definition) is 2. The summed E-state index contributed by atoms with van der Waals surface area (Å²) in [5.74, 6) is 0. The molecule has 0 aliphatic heterocycles. The van der Waals surface area contributed by atoms with Gasteiger partial charge in [-0.1, -0.05) is 37.3 Å². The Bertz CT molecular complexity index is 231. The molecule has 0 spiro atoms. The molecule has 1 aromatic rings. The number of rotatable bonds is 4. The Kier molecular flexibility index (Phi) is 3.33. The molecule has 12 heavy (non-hydrogen) atoms. The summed E-state index contributed by atoms with van der Waals surface area (Å²) in [6.45, 7) is 2.49. The van der Waals surface area contributed by atoms with Crippen LogP contribution in [0.25, 0.3) is 0 Å². The van der Waals surface area contributed by atoms with Gasteiger partial charge >= 0.3 is 0 Å². The van der Waals surface area contributed by atoms with E-state index in [9.17, 15) is 4.79 Å². The average Bonchev–Trinajstić information content (AvgIpc) is 2.15. The lowest BCUT2D eigenvalue weighted by Crippen LogP contribution is -2.00. The molecule has 1 rings (SSSR count). The van der Waals surface area contributed by atoms with Gasteiger partial charge in [-0.2, -0.15) is 0 Å². The first kappa shape index (κ1) is 8.78. The van der Waals surface area contributed by atoms with E-state index in [4.69, 9.17) is 4.74 Å². The van der Waals surface area contributed by atoms with Gasteiger partial charge in [0.25, 0.3) is 6.47 Å². The van der Waals surface area contributed by atoms with Gasteiger partial charge in [-0.05, 0) is 12.0 Å². The van der Waals surface area contributed by atoms with Crippen molar-refractivity contribution in [2.75, 3.05) is 0 Å². The van der Waals surface area contributed by atoms with Gasteiger partial charge in [-0.3, -0.25) is 4.79 Å². The van der Waals surface area contributed by atoms with Gasteiger partial charge in [-0.25, -0.2) is 0 Å². The van der Waals surface area contributed by atoms with E-state index in [1.54, 1.807) is 0 Å². The van der Waals surface area contributed by atoms with Crippen LogP contribution in [-0.4, -0.2) is 6.47 Å². The second-order valence-electron chi connectivity index (χ2n) is 2.54. The molecule has 2 nitrogen and oxygen atoms in total. The standard InChI is InChI=1S/C10H12O2/c1-2-10(12-8-11)9-6-4-3-5-7-9/h3-8,10H,2H2,1H3. The Morgan fingerprint density at radius 3 is 2.58 bits per heavy atom. The number of carbonyl (C=O) groups is 1. The molecule has 0 aliphatic carbocycles. The molecule has 1 atom stereocenters. The molecule has 1 unspecified atom stereocenters. The highest BCUT2D eigenvalue weighted by molar-refractivity contribution is 5.38. The van der Waals surface area contributed by atoms with Crippen LogP contribution >= 0.6 is 0 Å². The minimum atomic E-state index is -0.0938. The molecule has 0 fully saturated rings. The zero-order chi connectivity index (χ0) is 8.81. The fraction of sp³-hybridized carbons (Fsp3) is 0.300. The van der Waals surface area contributed by atoms with Gasteiger partial charge in [0.15, 0.2) is 0 Å². The van der Waals surface area contributed by atoms with E-state index in [1.807, 2.05) is 37.3 Å². The molecule has 0 bridgehead atoms. The van der Waals surface area contributed by atoms with Crippen molar-refractivity contribution >= 4 is 6.47 Å². The van der Waals surface area contributed by atoms with E-state index in [1.165, 1.54) is 0 Å². The van der Waals surface area contributed by atoms with Gasteiger partial charge in [0, 0.05) is 0 Å². The Morgan fingerprint density at radius 2 is 2.08 bits per heavy atom. The van der Waals surface area contributed by atoms with E-state index < -0.39 is 0 Å². The van der Waals surface area contributed by atoms with Crippen LogP contribution in [-0.2, 0) is 9.53 Å². The number of benzene rings is 1. The lowest BCUT2D eigenvalue weighted by molar-refractivity contribution is -0.134. The molecule has 1 aromatic carbocycles. The van der Waals surface area contributed by atoms with Crippen LogP contribution in [0.1, 0.15) is 25.0 Å². The predicted octanol–water partition coefficient (Wildman–Crippen LogP) is 2.31. The SMILES string of the molecule is CCC(OC=O)c1ccccc1. The summed E-state index contributed by atoms with van der Waals surface area (Å²) < 4.78 is 4.90. The molecule has 0 radical (unpaired) electrons. The van der Waals surface area contributed by atoms with Crippen LogP contribution in [0.15, 0.2) is 30.3 Å². The molecule has 0 saturated carbocycles. The first-order valence-corrected chi connectivity index (χ1v) is 4.02. The molecular weight excluding hydrogens is 152 g/mol. The van der Waals surface area contributed by atoms with Gasteiger partial charge in [0.2, 0.25) is 0 Å². The van der Waals surface area contributed by atoms with Crippen molar-refractivity contribution < 1.29 is 9.53 Å². The van der Waals surface area contributed by atoms with E-state index in [2.05, 4.69) is 0 Å². The monoisotopic (exact) mass is 164 g/mol. The zero-order valence-electron chi connectivity index (χ0n) is 7.07. The van der Waals surface area contributed by atoms with Gasteiger partial charge in [0.1, 0.15) is 6.10 Å². The molecule has 64 valence electrons. The Hall–Kier alpha value is -1.31. The number of hydrogen-bond donors (Lipinski definition) is 0. The Balaban J connectivity index is 2.72. The van der Waals surface area contributed by atoms with Crippen molar-refractivity contribution in [1.29, 1.82) is 0 Å². The van der Waals surface area contributed by atoms with Crippen molar-refractivity contribution in [3.05, 3.63) is 35.9 Å². The average molecular weight is 164 g/mol. The predicted molar refractivity (Wildman–Crippen MR) is 46.6 cm³/mol. The zero-order valence-corrected chi connectivity index (χ0v) is 7.07. The lowest BCUT2D eigenvalue weighted by atomic mass is 10.1. The van der Waals surface area contributed by atoms with Crippen LogP contribution in [0, 0.1) is 0 Å². The molecule has 0 N–H and O–H groups in total. The third-order valence-electron chi connectivity index (χ3n) is 1.76. The highest BCUT2D eigenvalue weighted by Crippen LogP contribution is 2.18. The summed E-state index contributed by atoms with van der Waals surface area (Å²) in [5, 5.41) is 0. The van der Waals surface area contributed by atoms with Crippen molar-refractivity contribution in [3.63, 3.8) is 0 Å². The van der Waals surface area contributed by atoms with Crippen LogP contribution in [0.2, 0.25) is 0 Å². The van der Waals surface area contributed by atoms with Gasteiger partial charge in [0.05, 0.1) is 0 Å². The maximum Gasteiger partial charge on any atom is 0.293 e. The molecule has 0 heterocycles. The van der Waals surface area contributed by atoms with Gasteiger partial charge in [-0.15, -0.1) is 0 Å². The highest BCUT2D eigenvalue weighted by atomic mass is 16.5. The third kappa shape index (κ3) is 2.09.